The van der Waals surface area contributed by atoms with Gasteiger partial charge in [-0.1, -0.05) is 0 Å². The predicted molar refractivity (Wildman–Crippen MR) is 62.8 cm³/mol. The minimum absolute atomic E-state index is 0.135. The molecule has 2 unspecified atom stereocenters. The second-order valence-electron chi connectivity index (χ2n) is 4.00. The van der Waals surface area contributed by atoms with Gasteiger partial charge in [0.25, 0.3) is 0 Å². The van der Waals surface area contributed by atoms with Gasteiger partial charge in [-0.2, -0.15) is 0 Å². The summed E-state index contributed by atoms with van der Waals surface area (Å²) in [5.74, 6) is 0. The van der Waals surface area contributed by atoms with Gasteiger partial charge in [0, 0.05) is 33.9 Å². The lowest BCUT2D eigenvalue weighted by Crippen LogP contribution is -2.40. The minimum Gasteiger partial charge on any atom is -0.382 e. The number of hydrogen-bond acceptors (Lipinski definition) is 5. The average Bonchev–Trinajstić information content (AvgIpc) is 2.34. The summed E-state index contributed by atoms with van der Waals surface area (Å²) in [5, 5.41) is 6.67. The van der Waals surface area contributed by atoms with E-state index in [-0.39, 0.29) is 6.10 Å². The Morgan fingerprint density at radius 3 is 3.00 bits per heavy atom. The highest BCUT2D eigenvalue weighted by molar-refractivity contribution is 4.69. The van der Waals surface area contributed by atoms with Gasteiger partial charge in [-0.3, -0.25) is 0 Å². The third-order valence-electron chi connectivity index (χ3n) is 2.71. The van der Waals surface area contributed by atoms with Crippen molar-refractivity contribution < 1.29 is 14.2 Å². The Labute approximate surface area is 97.8 Å². The molecule has 0 aromatic heterocycles. The van der Waals surface area contributed by atoms with Gasteiger partial charge in [-0.05, 0) is 13.0 Å². The molecule has 1 aliphatic rings. The molecule has 0 saturated carbocycles. The molecule has 0 aromatic carbocycles. The van der Waals surface area contributed by atoms with E-state index in [2.05, 4.69) is 10.6 Å². The number of hydrogen-bond donors (Lipinski definition) is 2. The molecule has 0 aliphatic carbocycles. The molecule has 1 heterocycles. The van der Waals surface area contributed by atoms with Crippen LogP contribution in [0.3, 0.4) is 0 Å². The second-order valence-corrected chi connectivity index (χ2v) is 4.00. The summed E-state index contributed by atoms with van der Waals surface area (Å²) in [5.41, 5.74) is 0. The van der Waals surface area contributed by atoms with Gasteiger partial charge in [-0.15, -0.1) is 0 Å². The highest BCUT2D eigenvalue weighted by Crippen LogP contribution is 2.00. The lowest BCUT2D eigenvalue weighted by molar-refractivity contribution is 0.0179. The number of rotatable bonds is 8. The molecule has 2 N–H and O–H groups in total. The van der Waals surface area contributed by atoms with Crippen LogP contribution in [0, 0.1) is 0 Å². The average molecular weight is 232 g/mol. The van der Waals surface area contributed by atoms with Gasteiger partial charge in [0.05, 0.1) is 25.4 Å². The normalized spacial score (nSPS) is 23.2. The first kappa shape index (κ1) is 13.9. The van der Waals surface area contributed by atoms with E-state index in [1.807, 2.05) is 0 Å². The second kappa shape index (κ2) is 8.90. The predicted octanol–water partition coefficient (Wildman–Crippen LogP) is -0.384. The smallest absolute Gasteiger partial charge is 0.0928 e. The Balaban J connectivity index is 1.97. The van der Waals surface area contributed by atoms with Crippen LogP contribution in [0.25, 0.3) is 0 Å². The molecule has 1 rings (SSSR count). The summed E-state index contributed by atoms with van der Waals surface area (Å²) >= 11 is 0. The quantitative estimate of drug-likeness (QED) is 0.559. The van der Waals surface area contributed by atoms with E-state index in [4.69, 9.17) is 14.2 Å². The molecule has 0 spiro atoms. The molecule has 5 nitrogen and oxygen atoms in total. The Morgan fingerprint density at radius 2 is 2.38 bits per heavy atom. The lowest BCUT2D eigenvalue weighted by atomic mass is 10.2. The topological polar surface area (TPSA) is 51.8 Å². The Morgan fingerprint density at radius 1 is 1.50 bits per heavy atom. The first-order valence-electron chi connectivity index (χ1n) is 5.91. The monoisotopic (exact) mass is 232 g/mol. The summed E-state index contributed by atoms with van der Waals surface area (Å²) < 4.78 is 15.9. The van der Waals surface area contributed by atoms with Crippen LogP contribution < -0.4 is 10.6 Å². The molecule has 1 aliphatic heterocycles. The van der Waals surface area contributed by atoms with Crippen LogP contribution in [0.5, 0.6) is 0 Å². The molecular weight excluding hydrogens is 208 g/mol. The zero-order chi connectivity index (χ0) is 11.6. The third-order valence-corrected chi connectivity index (χ3v) is 2.71. The van der Waals surface area contributed by atoms with Gasteiger partial charge in [0.1, 0.15) is 0 Å². The van der Waals surface area contributed by atoms with Crippen molar-refractivity contribution in [3.8, 4) is 0 Å². The zero-order valence-corrected chi connectivity index (χ0v) is 10.3. The Hall–Kier alpha value is -0.200. The molecular formula is C11H24N2O3. The fourth-order valence-electron chi connectivity index (χ4n) is 1.73. The van der Waals surface area contributed by atoms with Gasteiger partial charge >= 0.3 is 0 Å². The van der Waals surface area contributed by atoms with Crippen molar-refractivity contribution in [3.63, 3.8) is 0 Å². The van der Waals surface area contributed by atoms with Crippen LogP contribution in [0.4, 0.5) is 0 Å². The SMILES string of the molecule is COCC(CNCCC1CNCCO1)OC. The molecule has 5 heteroatoms. The summed E-state index contributed by atoms with van der Waals surface area (Å²) in [4.78, 5) is 0. The third kappa shape index (κ3) is 5.77. The molecule has 1 fully saturated rings. The molecule has 0 aromatic rings. The van der Waals surface area contributed by atoms with E-state index in [0.29, 0.717) is 12.7 Å². The van der Waals surface area contributed by atoms with Crippen molar-refractivity contribution >= 4 is 0 Å². The maximum absolute atomic E-state index is 5.60. The highest BCUT2D eigenvalue weighted by atomic mass is 16.5. The van der Waals surface area contributed by atoms with Crippen LogP contribution in [0.1, 0.15) is 6.42 Å². The summed E-state index contributed by atoms with van der Waals surface area (Å²) in [6, 6.07) is 0. The fourth-order valence-corrected chi connectivity index (χ4v) is 1.73. The van der Waals surface area contributed by atoms with Crippen LogP contribution in [-0.4, -0.2) is 65.8 Å². The lowest BCUT2D eigenvalue weighted by Gasteiger charge is -2.24. The largest absolute Gasteiger partial charge is 0.382 e. The zero-order valence-electron chi connectivity index (χ0n) is 10.3. The van der Waals surface area contributed by atoms with Crippen LogP contribution in [-0.2, 0) is 14.2 Å². The molecule has 16 heavy (non-hydrogen) atoms. The molecule has 0 radical (unpaired) electrons. The Bertz CT molecular complexity index is 157. The number of nitrogens with one attached hydrogen (secondary N) is 2. The number of morpholine rings is 1. The first-order valence-corrected chi connectivity index (χ1v) is 5.91. The Kier molecular flexibility index (Phi) is 7.71. The van der Waals surface area contributed by atoms with Crippen LogP contribution >= 0.6 is 0 Å². The van der Waals surface area contributed by atoms with Gasteiger partial charge in [0.15, 0.2) is 0 Å². The minimum atomic E-state index is 0.135. The van der Waals surface area contributed by atoms with E-state index in [0.717, 1.165) is 39.2 Å². The van der Waals surface area contributed by atoms with Crippen molar-refractivity contribution in [1.82, 2.24) is 10.6 Å². The van der Waals surface area contributed by atoms with E-state index in [1.165, 1.54) is 0 Å². The van der Waals surface area contributed by atoms with E-state index >= 15 is 0 Å². The van der Waals surface area contributed by atoms with Gasteiger partial charge in [-0.25, -0.2) is 0 Å². The van der Waals surface area contributed by atoms with Crippen molar-refractivity contribution in [2.24, 2.45) is 0 Å². The fraction of sp³-hybridized carbons (Fsp3) is 1.00. The van der Waals surface area contributed by atoms with Crippen molar-refractivity contribution in [2.45, 2.75) is 18.6 Å². The molecule has 0 bridgehead atoms. The molecule has 2 atom stereocenters. The van der Waals surface area contributed by atoms with Gasteiger partial charge in [0.2, 0.25) is 0 Å². The molecule has 96 valence electrons. The number of methoxy groups -OCH3 is 2. The van der Waals surface area contributed by atoms with Crippen molar-refractivity contribution in [3.05, 3.63) is 0 Å². The van der Waals surface area contributed by atoms with Crippen LogP contribution in [0.15, 0.2) is 0 Å². The first-order chi connectivity index (χ1) is 7.86. The maximum atomic E-state index is 5.60. The standard InChI is InChI=1S/C11H24N2O3/c1-14-9-11(15-2)8-12-4-3-10-7-13-5-6-16-10/h10-13H,3-9H2,1-2H3. The summed E-state index contributed by atoms with van der Waals surface area (Å²) in [6.45, 7) is 5.18. The maximum Gasteiger partial charge on any atom is 0.0928 e. The summed E-state index contributed by atoms with van der Waals surface area (Å²) in [7, 11) is 3.40. The van der Waals surface area contributed by atoms with Gasteiger partial charge < -0.3 is 24.8 Å². The van der Waals surface area contributed by atoms with E-state index in [1.54, 1.807) is 14.2 Å². The van der Waals surface area contributed by atoms with Crippen molar-refractivity contribution in [2.75, 3.05) is 53.6 Å². The summed E-state index contributed by atoms with van der Waals surface area (Å²) in [6.07, 6.45) is 1.52. The molecule has 1 saturated heterocycles. The number of ether oxygens (including phenoxy) is 3. The van der Waals surface area contributed by atoms with E-state index < -0.39 is 0 Å². The molecule has 0 amide bonds. The van der Waals surface area contributed by atoms with E-state index in [9.17, 15) is 0 Å². The van der Waals surface area contributed by atoms with Crippen molar-refractivity contribution in [1.29, 1.82) is 0 Å². The van der Waals surface area contributed by atoms with Crippen LogP contribution in [0.2, 0.25) is 0 Å². The highest BCUT2D eigenvalue weighted by Gasteiger charge is 2.13.